The van der Waals surface area contributed by atoms with Crippen molar-refractivity contribution in [3.63, 3.8) is 0 Å². The predicted octanol–water partition coefficient (Wildman–Crippen LogP) is 9.17. The van der Waals surface area contributed by atoms with Gasteiger partial charge in [-0.2, -0.15) is 0 Å². The van der Waals surface area contributed by atoms with Crippen LogP contribution in [-0.2, 0) is 0 Å². The first-order valence-corrected chi connectivity index (χ1v) is 17.7. The zero-order valence-corrected chi connectivity index (χ0v) is 28.4. The number of ether oxygens (including phenoxy) is 1. The molecule has 6 aromatic rings. The average Bonchev–Trinajstić information content (AvgIpc) is 3.55. The van der Waals surface area contributed by atoms with Gasteiger partial charge in [0.05, 0.1) is 0 Å². The van der Waals surface area contributed by atoms with Crippen LogP contribution in [-0.4, -0.2) is 48.7 Å². The van der Waals surface area contributed by atoms with Gasteiger partial charge >= 0.3 is 0 Å². The van der Waals surface area contributed by atoms with Crippen LogP contribution in [0.25, 0.3) is 20.5 Å². The van der Waals surface area contributed by atoms with E-state index < -0.39 is 0 Å². The van der Waals surface area contributed by atoms with Crippen molar-refractivity contribution in [3.8, 4) is 16.2 Å². The maximum absolute atomic E-state index is 14.3. The summed E-state index contributed by atoms with van der Waals surface area (Å²) in [6.45, 7) is 3.74. The molecule has 2 amide bonds. The fourth-order valence-corrected chi connectivity index (χ4v) is 7.46. The van der Waals surface area contributed by atoms with E-state index >= 15 is 0 Å². The number of anilines is 2. The van der Waals surface area contributed by atoms with Crippen LogP contribution in [0.1, 0.15) is 55.9 Å². The molecule has 0 atom stereocenters. The van der Waals surface area contributed by atoms with Gasteiger partial charge in [-0.25, -0.2) is 0 Å². The number of piperidine rings is 1. The van der Waals surface area contributed by atoms with E-state index in [0.29, 0.717) is 40.2 Å². The summed E-state index contributed by atoms with van der Waals surface area (Å²) in [4.78, 5) is 43.6. The van der Waals surface area contributed by atoms with Crippen molar-refractivity contribution in [2.45, 2.75) is 19.3 Å². The third-order valence-corrected chi connectivity index (χ3v) is 10.1. The molecule has 8 heteroatoms. The lowest BCUT2D eigenvalue weighted by Crippen LogP contribution is -2.33. The van der Waals surface area contributed by atoms with E-state index in [1.54, 1.807) is 18.2 Å². The second-order valence-corrected chi connectivity index (χ2v) is 13.4. The van der Waals surface area contributed by atoms with E-state index in [2.05, 4.69) is 15.5 Å². The molecular formula is C42H37N3O4S. The second-order valence-electron chi connectivity index (χ2n) is 12.3. The molecule has 7 nitrogen and oxygen atoms in total. The number of nitrogens with one attached hydrogen (secondary N) is 2. The van der Waals surface area contributed by atoms with Crippen molar-refractivity contribution in [2.75, 3.05) is 36.9 Å². The Morgan fingerprint density at radius 3 is 1.86 bits per heavy atom. The lowest BCUT2D eigenvalue weighted by molar-refractivity contribution is 0.101. The van der Waals surface area contributed by atoms with Crippen LogP contribution in [0.3, 0.4) is 0 Å². The van der Waals surface area contributed by atoms with E-state index in [9.17, 15) is 14.4 Å². The fourth-order valence-electron chi connectivity index (χ4n) is 6.21. The number of hydrogen-bond acceptors (Lipinski definition) is 6. The lowest BCUT2D eigenvalue weighted by atomic mass is 9.96. The molecule has 50 heavy (non-hydrogen) atoms. The van der Waals surface area contributed by atoms with Crippen LogP contribution in [0.15, 0.2) is 127 Å². The van der Waals surface area contributed by atoms with Gasteiger partial charge in [-0.3, -0.25) is 19.3 Å². The highest BCUT2D eigenvalue weighted by Gasteiger charge is 2.23. The number of fused-ring (bicyclic) bond motifs is 1. The summed E-state index contributed by atoms with van der Waals surface area (Å²) in [5.74, 6) is 0.152. The molecule has 2 heterocycles. The molecule has 0 saturated carbocycles. The maximum Gasteiger partial charge on any atom is 0.255 e. The summed E-state index contributed by atoms with van der Waals surface area (Å²) < 4.78 is 6.83. The van der Waals surface area contributed by atoms with Crippen molar-refractivity contribution in [1.82, 2.24) is 4.90 Å². The number of benzene rings is 5. The number of likely N-dealkylation sites (tertiary alicyclic amines) is 1. The highest BCUT2D eigenvalue weighted by molar-refractivity contribution is 7.22. The number of nitrogens with zero attached hydrogens (tertiary/aromatic N) is 1. The quantitative estimate of drug-likeness (QED) is 0.133. The Hall–Kier alpha value is -5.57. The molecule has 0 aliphatic carbocycles. The Labute approximate surface area is 295 Å². The maximum atomic E-state index is 14.3. The third-order valence-electron chi connectivity index (χ3n) is 8.89. The minimum Gasteiger partial charge on any atom is -0.492 e. The molecule has 0 radical (unpaired) electrons. The van der Waals surface area contributed by atoms with Gasteiger partial charge in [0.25, 0.3) is 11.8 Å². The molecule has 1 fully saturated rings. The Bertz CT molecular complexity index is 2100. The Morgan fingerprint density at radius 1 is 0.640 bits per heavy atom. The van der Waals surface area contributed by atoms with Gasteiger partial charge in [0.1, 0.15) is 12.4 Å². The summed E-state index contributed by atoms with van der Waals surface area (Å²) in [5, 5.41) is 6.62. The van der Waals surface area contributed by atoms with Gasteiger partial charge in [0.2, 0.25) is 0 Å². The SMILES string of the molecule is O=C(Nc1ccccc1)c1ccc(-c2sc3cc(C(=O)Nc4ccccc4)ccc3c2C(=O)c2ccc(OCCN3CCCCC3)cc2)cc1. The van der Waals surface area contributed by atoms with Gasteiger partial charge in [0.15, 0.2) is 5.78 Å². The summed E-state index contributed by atoms with van der Waals surface area (Å²) in [6, 6.07) is 38.6. The molecular weight excluding hydrogens is 643 g/mol. The molecule has 0 spiro atoms. The average molecular weight is 680 g/mol. The second kappa shape index (κ2) is 15.3. The van der Waals surface area contributed by atoms with Gasteiger partial charge in [-0.05, 0) is 104 Å². The van der Waals surface area contributed by atoms with Crippen LogP contribution in [0.4, 0.5) is 11.4 Å². The lowest BCUT2D eigenvalue weighted by Gasteiger charge is -2.26. The summed E-state index contributed by atoms with van der Waals surface area (Å²) in [5.41, 5.74) is 4.31. The largest absolute Gasteiger partial charge is 0.492 e. The molecule has 5 aromatic carbocycles. The van der Waals surface area contributed by atoms with Crippen LogP contribution in [0, 0.1) is 0 Å². The summed E-state index contributed by atoms with van der Waals surface area (Å²) in [6.07, 6.45) is 3.79. The molecule has 1 aliphatic rings. The number of rotatable bonds is 11. The first-order valence-electron chi connectivity index (χ1n) is 16.9. The van der Waals surface area contributed by atoms with Crippen LogP contribution >= 0.6 is 11.3 Å². The number of thiophene rings is 1. The van der Waals surface area contributed by atoms with Crippen molar-refractivity contribution >= 4 is 50.4 Å². The number of hydrogen-bond donors (Lipinski definition) is 2. The molecule has 0 unspecified atom stereocenters. The number of para-hydroxylation sites is 2. The van der Waals surface area contributed by atoms with Gasteiger partial charge < -0.3 is 15.4 Å². The van der Waals surface area contributed by atoms with Crippen LogP contribution in [0.5, 0.6) is 5.75 Å². The molecule has 7 rings (SSSR count). The van der Waals surface area contributed by atoms with Crippen LogP contribution in [0.2, 0.25) is 0 Å². The topological polar surface area (TPSA) is 87.7 Å². The third kappa shape index (κ3) is 7.67. The monoisotopic (exact) mass is 679 g/mol. The van der Waals surface area contributed by atoms with Crippen molar-refractivity contribution in [3.05, 3.63) is 150 Å². The Morgan fingerprint density at radius 2 is 1.22 bits per heavy atom. The van der Waals surface area contributed by atoms with E-state index in [-0.39, 0.29) is 17.6 Å². The molecule has 1 saturated heterocycles. The van der Waals surface area contributed by atoms with Crippen LogP contribution < -0.4 is 15.4 Å². The molecule has 1 aliphatic heterocycles. The number of ketones is 1. The molecule has 2 N–H and O–H groups in total. The Balaban J connectivity index is 1.17. The molecule has 0 bridgehead atoms. The number of amides is 2. The van der Waals surface area contributed by atoms with E-state index in [0.717, 1.165) is 45.9 Å². The minimum absolute atomic E-state index is 0.126. The van der Waals surface area contributed by atoms with E-state index in [1.807, 2.05) is 109 Å². The predicted molar refractivity (Wildman–Crippen MR) is 202 cm³/mol. The van der Waals surface area contributed by atoms with Gasteiger partial charge in [-0.15, -0.1) is 11.3 Å². The normalized spacial score (nSPS) is 13.1. The Kier molecular flexibility index (Phi) is 10.1. The smallest absolute Gasteiger partial charge is 0.255 e. The zero-order valence-electron chi connectivity index (χ0n) is 27.6. The van der Waals surface area contributed by atoms with Crippen molar-refractivity contribution < 1.29 is 19.1 Å². The molecule has 1 aromatic heterocycles. The van der Waals surface area contributed by atoms with Gasteiger partial charge in [-0.1, -0.05) is 61.0 Å². The van der Waals surface area contributed by atoms with E-state index in [4.69, 9.17) is 4.74 Å². The summed E-state index contributed by atoms with van der Waals surface area (Å²) in [7, 11) is 0. The van der Waals surface area contributed by atoms with Crippen molar-refractivity contribution in [1.29, 1.82) is 0 Å². The zero-order chi connectivity index (χ0) is 34.3. The van der Waals surface area contributed by atoms with Gasteiger partial charge in [0, 0.05) is 55.1 Å². The summed E-state index contributed by atoms with van der Waals surface area (Å²) >= 11 is 1.45. The van der Waals surface area contributed by atoms with E-state index in [1.165, 1.54) is 30.6 Å². The fraction of sp³-hybridized carbons (Fsp3) is 0.167. The first kappa shape index (κ1) is 33.0. The highest BCUT2D eigenvalue weighted by Crippen LogP contribution is 2.41. The number of carbonyl (C=O) groups excluding carboxylic acids is 3. The number of carbonyl (C=O) groups is 3. The standard InChI is InChI=1S/C42H37N3O4S/c46-39(29-18-21-35(22-19-29)49-27-26-45-24-8-3-9-25-45)38-36-23-20-32(42(48)44-34-12-6-2-7-13-34)28-37(36)50-40(38)30-14-16-31(17-15-30)41(47)43-33-10-4-1-5-11-33/h1-2,4-7,10-23,28H,3,8-9,24-27H2,(H,43,47)(H,44,48). The first-order chi connectivity index (χ1) is 24.5. The highest BCUT2D eigenvalue weighted by atomic mass is 32.1. The minimum atomic E-state index is -0.231. The van der Waals surface area contributed by atoms with Crippen molar-refractivity contribution in [2.24, 2.45) is 0 Å². The molecule has 250 valence electrons.